The van der Waals surface area contributed by atoms with Crippen molar-refractivity contribution < 1.29 is 4.79 Å². The summed E-state index contributed by atoms with van der Waals surface area (Å²) < 4.78 is 0. The Kier molecular flexibility index (Phi) is 5.84. The number of carbonyl (C=O) groups excluding carboxylic acids is 1. The van der Waals surface area contributed by atoms with Crippen molar-refractivity contribution in [2.24, 2.45) is 0 Å². The van der Waals surface area contributed by atoms with Gasteiger partial charge in [-0.3, -0.25) is 4.79 Å². The molecule has 0 atom stereocenters. The zero-order chi connectivity index (χ0) is 13.4. The van der Waals surface area contributed by atoms with E-state index < -0.39 is 0 Å². The molecule has 0 aromatic carbocycles. The Morgan fingerprint density at radius 1 is 1.50 bits per heavy atom. The Bertz CT molecular complexity index is 388. The number of rotatable bonds is 7. The molecule has 0 saturated heterocycles. The van der Waals surface area contributed by atoms with Gasteiger partial charge in [-0.15, -0.1) is 6.58 Å². The van der Waals surface area contributed by atoms with E-state index in [9.17, 15) is 4.79 Å². The van der Waals surface area contributed by atoms with E-state index in [0.29, 0.717) is 18.1 Å². The Labute approximate surface area is 108 Å². The molecule has 1 aromatic heterocycles. The maximum atomic E-state index is 12.0. The number of hydrogen-bond acceptors (Lipinski definition) is 4. The van der Waals surface area contributed by atoms with Crippen LogP contribution in [-0.4, -0.2) is 40.9 Å². The lowest BCUT2D eigenvalue weighted by Crippen LogP contribution is -2.28. The minimum absolute atomic E-state index is 0.0915. The van der Waals surface area contributed by atoms with Crippen LogP contribution >= 0.6 is 0 Å². The summed E-state index contributed by atoms with van der Waals surface area (Å²) >= 11 is 0. The normalized spacial score (nSPS) is 9.89. The molecule has 1 rings (SSSR count). The van der Waals surface area contributed by atoms with Crippen molar-refractivity contribution in [2.75, 3.05) is 25.5 Å². The molecule has 0 aliphatic heterocycles. The zero-order valence-electron chi connectivity index (χ0n) is 11.0. The van der Waals surface area contributed by atoms with Crippen LogP contribution in [0.25, 0.3) is 0 Å². The molecule has 1 aromatic rings. The largest absolute Gasteiger partial charge is 0.365 e. The number of aromatic nitrogens is 2. The average molecular weight is 248 g/mol. The van der Waals surface area contributed by atoms with Crippen LogP contribution in [0.1, 0.15) is 30.3 Å². The summed E-state index contributed by atoms with van der Waals surface area (Å²) in [6, 6.07) is 0. The maximum absolute atomic E-state index is 12.0. The molecule has 0 spiro atoms. The van der Waals surface area contributed by atoms with E-state index >= 15 is 0 Å². The van der Waals surface area contributed by atoms with E-state index in [1.165, 1.54) is 6.20 Å². The van der Waals surface area contributed by atoms with Gasteiger partial charge in [0.1, 0.15) is 11.5 Å². The minimum atomic E-state index is -0.0915. The van der Waals surface area contributed by atoms with Gasteiger partial charge in [0, 0.05) is 20.1 Å². The van der Waals surface area contributed by atoms with Crippen molar-refractivity contribution in [3.63, 3.8) is 0 Å². The first-order chi connectivity index (χ1) is 8.69. The molecule has 0 unspecified atom stereocenters. The van der Waals surface area contributed by atoms with E-state index in [2.05, 4.69) is 28.8 Å². The first-order valence-electron chi connectivity index (χ1n) is 6.11. The van der Waals surface area contributed by atoms with Gasteiger partial charge in [0.2, 0.25) is 0 Å². The molecule has 1 N–H and O–H groups in total. The van der Waals surface area contributed by atoms with Crippen molar-refractivity contribution in [3.8, 4) is 0 Å². The highest BCUT2D eigenvalue weighted by atomic mass is 16.2. The molecule has 98 valence electrons. The minimum Gasteiger partial charge on any atom is -0.365 e. The van der Waals surface area contributed by atoms with Crippen LogP contribution < -0.4 is 5.32 Å². The highest BCUT2D eigenvalue weighted by Gasteiger charge is 2.12. The molecule has 5 nitrogen and oxygen atoms in total. The number of amides is 1. The summed E-state index contributed by atoms with van der Waals surface area (Å²) in [5, 5.41) is 3.01. The third-order valence-electron chi connectivity index (χ3n) is 2.49. The second-order valence-corrected chi connectivity index (χ2v) is 4.04. The van der Waals surface area contributed by atoms with Crippen molar-refractivity contribution >= 4 is 11.7 Å². The number of nitrogens with zero attached hydrogens (tertiary/aromatic N) is 3. The van der Waals surface area contributed by atoms with Crippen LogP contribution in [0.15, 0.2) is 25.0 Å². The number of hydrogen-bond donors (Lipinski definition) is 1. The van der Waals surface area contributed by atoms with Crippen LogP contribution in [0, 0.1) is 0 Å². The van der Waals surface area contributed by atoms with E-state index in [1.807, 2.05) is 0 Å². The maximum Gasteiger partial charge on any atom is 0.273 e. The summed E-state index contributed by atoms with van der Waals surface area (Å²) in [4.78, 5) is 21.9. The van der Waals surface area contributed by atoms with Gasteiger partial charge in [-0.2, -0.15) is 0 Å². The molecule has 1 amide bonds. The first-order valence-corrected chi connectivity index (χ1v) is 6.11. The van der Waals surface area contributed by atoms with Gasteiger partial charge >= 0.3 is 0 Å². The SMILES string of the molecule is C=CCNc1cnc(C(=O)N(C)CCCC)cn1. The fraction of sp³-hybridized carbons (Fsp3) is 0.462. The molecule has 0 bridgehead atoms. The van der Waals surface area contributed by atoms with E-state index in [-0.39, 0.29) is 5.91 Å². The van der Waals surface area contributed by atoms with Crippen LogP contribution in [0.2, 0.25) is 0 Å². The first kappa shape index (κ1) is 14.2. The summed E-state index contributed by atoms with van der Waals surface area (Å²) in [5.41, 5.74) is 0.373. The predicted molar refractivity (Wildman–Crippen MR) is 72.6 cm³/mol. The highest BCUT2D eigenvalue weighted by Crippen LogP contribution is 2.04. The molecular weight excluding hydrogens is 228 g/mol. The van der Waals surface area contributed by atoms with Gasteiger partial charge in [-0.05, 0) is 6.42 Å². The van der Waals surface area contributed by atoms with Crippen molar-refractivity contribution in [1.82, 2.24) is 14.9 Å². The molecule has 5 heteroatoms. The summed E-state index contributed by atoms with van der Waals surface area (Å²) in [5.74, 6) is 0.550. The predicted octanol–water partition coefficient (Wildman–Crippen LogP) is 1.95. The highest BCUT2D eigenvalue weighted by molar-refractivity contribution is 5.91. The topological polar surface area (TPSA) is 58.1 Å². The van der Waals surface area contributed by atoms with Crippen LogP contribution in [0.5, 0.6) is 0 Å². The van der Waals surface area contributed by atoms with Gasteiger partial charge in [0.15, 0.2) is 0 Å². The lowest BCUT2D eigenvalue weighted by Gasteiger charge is -2.15. The van der Waals surface area contributed by atoms with Gasteiger partial charge in [-0.25, -0.2) is 9.97 Å². The number of nitrogens with one attached hydrogen (secondary N) is 1. The van der Waals surface area contributed by atoms with E-state index in [0.717, 1.165) is 19.4 Å². The summed E-state index contributed by atoms with van der Waals surface area (Å²) in [7, 11) is 1.78. The van der Waals surface area contributed by atoms with Gasteiger partial charge in [0.25, 0.3) is 5.91 Å². The fourth-order valence-electron chi connectivity index (χ4n) is 1.40. The molecule has 1 heterocycles. The molecule has 0 saturated carbocycles. The van der Waals surface area contributed by atoms with Gasteiger partial charge in [0.05, 0.1) is 12.4 Å². The summed E-state index contributed by atoms with van der Waals surface area (Å²) in [6.45, 7) is 7.06. The number of unbranched alkanes of at least 4 members (excludes halogenated alkanes) is 1. The second-order valence-electron chi connectivity index (χ2n) is 4.04. The summed E-state index contributed by atoms with van der Waals surface area (Å²) in [6.07, 6.45) is 6.85. The Morgan fingerprint density at radius 2 is 2.28 bits per heavy atom. The third kappa shape index (κ3) is 4.16. The molecule has 0 aliphatic carbocycles. The fourth-order valence-corrected chi connectivity index (χ4v) is 1.40. The van der Waals surface area contributed by atoms with Gasteiger partial charge < -0.3 is 10.2 Å². The number of anilines is 1. The molecular formula is C13H20N4O. The van der Waals surface area contributed by atoms with Crippen LogP contribution in [0.3, 0.4) is 0 Å². The lowest BCUT2D eigenvalue weighted by molar-refractivity contribution is 0.0787. The van der Waals surface area contributed by atoms with Crippen molar-refractivity contribution in [2.45, 2.75) is 19.8 Å². The Hall–Kier alpha value is -1.91. The second kappa shape index (κ2) is 7.42. The van der Waals surface area contributed by atoms with Crippen LogP contribution in [0.4, 0.5) is 5.82 Å². The number of carbonyl (C=O) groups is 1. The molecule has 18 heavy (non-hydrogen) atoms. The molecule has 0 fully saturated rings. The smallest absolute Gasteiger partial charge is 0.273 e. The Balaban J connectivity index is 2.60. The van der Waals surface area contributed by atoms with Crippen molar-refractivity contribution in [1.29, 1.82) is 0 Å². The van der Waals surface area contributed by atoms with Crippen LogP contribution in [-0.2, 0) is 0 Å². The van der Waals surface area contributed by atoms with Crippen molar-refractivity contribution in [3.05, 3.63) is 30.7 Å². The Morgan fingerprint density at radius 3 is 2.83 bits per heavy atom. The van der Waals surface area contributed by atoms with Gasteiger partial charge in [-0.1, -0.05) is 19.4 Å². The standard InChI is InChI=1S/C13H20N4O/c1-4-6-8-17(3)13(18)11-9-16-12(10-15-11)14-7-5-2/h5,9-10H,2,4,6-8H2,1,3H3,(H,14,16). The molecule has 0 radical (unpaired) electrons. The lowest BCUT2D eigenvalue weighted by atomic mass is 10.3. The molecule has 0 aliphatic rings. The van der Waals surface area contributed by atoms with E-state index in [1.54, 1.807) is 24.2 Å². The zero-order valence-corrected chi connectivity index (χ0v) is 11.0. The monoisotopic (exact) mass is 248 g/mol. The van der Waals surface area contributed by atoms with E-state index in [4.69, 9.17) is 0 Å². The average Bonchev–Trinajstić information content (AvgIpc) is 2.42. The third-order valence-corrected chi connectivity index (χ3v) is 2.49. The quantitative estimate of drug-likeness (QED) is 0.749.